The number of halogens is 3. The molecule has 0 amide bonds. The molecule has 14 heavy (non-hydrogen) atoms. The Bertz CT molecular complexity index is 291. The Kier molecular flexibility index (Phi) is 5.65. The predicted octanol–water partition coefficient (Wildman–Crippen LogP) is 2.92. The Labute approximate surface area is 88.7 Å². The molecule has 0 radical (unpaired) electrons. The van der Waals surface area contributed by atoms with Crippen LogP contribution in [0.25, 0.3) is 0 Å². The van der Waals surface area contributed by atoms with Crippen LogP contribution in [0.1, 0.15) is 23.6 Å². The fourth-order valence-electron chi connectivity index (χ4n) is 1.28. The molecule has 0 fully saturated rings. The van der Waals surface area contributed by atoms with E-state index in [1.54, 1.807) is 6.07 Å². The Morgan fingerprint density at radius 1 is 1.43 bits per heavy atom. The van der Waals surface area contributed by atoms with E-state index in [2.05, 4.69) is 0 Å². The van der Waals surface area contributed by atoms with Gasteiger partial charge in [-0.05, 0) is 36.6 Å². The number of nitrogens with two attached hydrogens (primary N) is 1. The molecule has 1 aromatic rings. The molecule has 0 unspecified atom stereocenters. The van der Waals surface area contributed by atoms with Gasteiger partial charge in [0.25, 0.3) is 0 Å². The van der Waals surface area contributed by atoms with Gasteiger partial charge in [0.15, 0.2) is 0 Å². The van der Waals surface area contributed by atoms with E-state index in [9.17, 15) is 8.78 Å². The third-order valence-corrected chi connectivity index (χ3v) is 2.06. The molecule has 0 saturated carbocycles. The van der Waals surface area contributed by atoms with Crippen molar-refractivity contribution in [1.29, 1.82) is 0 Å². The molecule has 4 heteroatoms. The van der Waals surface area contributed by atoms with Gasteiger partial charge >= 0.3 is 0 Å². The standard InChI is InChI=1S/C10H13F2N.ClH/c1-7-2-3-8(12)6-9(7)10(13)4-5-11;/h2-3,6,10H,4-5,13H2,1H3;1H/t10-;/m0./s1. The van der Waals surface area contributed by atoms with Crippen molar-refractivity contribution >= 4 is 12.4 Å². The first-order chi connectivity index (χ1) is 6.15. The van der Waals surface area contributed by atoms with Crippen molar-refractivity contribution in [2.75, 3.05) is 6.67 Å². The number of benzene rings is 1. The highest BCUT2D eigenvalue weighted by molar-refractivity contribution is 5.85. The molecule has 0 aliphatic rings. The van der Waals surface area contributed by atoms with Crippen LogP contribution in [0, 0.1) is 12.7 Å². The molecule has 0 aromatic heterocycles. The minimum atomic E-state index is -0.475. The molecule has 1 rings (SSSR count). The van der Waals surface area contributed by atoms with Crippen molar-refractivity contribution < 1.29 is 8.78 Å². The van der Waals surface area contributed by atoms with E-state index in [0.29, 0.717) is 5.56 Å². The molecular weight excluding hydrogens is 208 g/mol. The average molecular weight is 222 g/mol. The first kappa shape index (κ1) is 13.3. The molecule has 0 aliphatic heterocycles. The molecule has 0 bridgehead atoms. The zero-order valence-electron chi connectivity index (χ0n) is 7.97. The van der Waals surface area contributed by atoms with Crippen LogP contribution in [0.4, 0.5) is 8.78 Å². The number of hydrogen-bond donors (Lipinski definition) is 1. The van der Waals surface area contributed by atoms with E-state index in [0.717, 1.165) is 5.56 Å². The minimum Gasteiger partial charge on any atom is -0.324 e. The first-order valence-corrected chi connectivity index (χ1v) is 4.22. The van der Waals surface area contributed by atoms with Gasteiger partial charge in [0.2, 0.25) is 0 Å². The summed E-state index contributed by atoms with van der Waals surface area (Å²) < 4.78 is 24.8. The maximum absolute atomic E-state index is 12.8. The quantitative estimate of drug-likeness (QED) is 0.835. The summed E-state index contributed by atoms with van der Waals surface area (Å²) in [6.07, 6.45) is 0.240. The molecule has 1 nitrogen and oxygen atoms in total. The first-order valence-electron chi connectivity index (χ1n) is 4.22. The highest BCUT2D eigenvalue weighted by Gasteiger charge is 2.09. The molecule has 0 spiro atoms. The summed E-state index contributed by atoms with van der Waals surface area (Å²) in [7, 11) is 0. The maximum atomic E-state index is 12.8. The topological polar surface area (TPSA) is 26.0 Å². The average Bonchev–Trinajstić information content (AvgIpc) is 2.09. The molecule has 0 saturated heterocycles. The lowest BCUT2D eigenvalue weighted by atomic mass is 10.00. The van der Waals surface area contributed by atoms with E-state index in [1.165, 1.54) is 12.1 Å². The monoisotopic (exact) mass is 221 g/mol. The van der Waals surface area contributed by atoms with Crippen LogP contribution in [0.5, 0.6) is 0 Å². The fraction of sp³-hybridized carbons (Fsp3) is 0.400. The van der Waals surface area contributed by atoms with E-state index in [1.807, 2.05) is 6.92 Å². The van der Waals surface area contributed by atoms with Crippen molar-refractivity contribution in [3.8, 4) is 0 Å². The molecule has 80 valence electrons. The zero-order valence-corrected chi connectivity index (χ0v) is 8.78. The molecule has 1 atom stereocenters. The predicted molar refractivity (Wildman–Crippen MR) is 55.9 cm³/mol. The number of aryl methyl sites for hydroxylation is 1. The van der Waals surface area contributed by atoms with Crippen LogP contribution in [0.2, 0.25) is 0 Å². The summed E-state index contributed by atoms with van der Waals surface area (Å²) in [5, 5.41) is 0. The second kappa shape index (κ2) is 5.94. The second-order valence-corrected chi connectivity index (χ2v) is 3.09. The Morgan fingerprint density at radius 3 is 2.64 bits per heavy atom. The summed E-state index contributed by atoms with van der Waals surface area (Å²) in [5.74, 6) is -0.324. The maximum Gasteiger partial charge on any atom is 0.123 e. The van der Waals surface area contributed by atoms with Gasteiger partial charge in [-0.15, -0.1) is 12.4 Å². The summed E-state index contributed by atoms with van der Waals surface area (Å²) >= 11 is 0. The van der Waals surface area contributed by atoms with Gasteiger partial charge in [-0.2, -0.15) is 0 Å². The van der Waals surface area contributed by atoms with Gasteiger partial charge in [0.1, 0.15) is 5.82 Å². The summed E-state index contributed by atoms with van der Waals surface area (Å²) in [5.41, 5.74) is 7.27. The van der Waals surface area contributed by atoms with E-state index in [-0.39, 0.29) is 24.6 Å². The lowest BCUT2D eigenvalue weighted by molar-refractivity contribution is 0.440. The normalized spacial score (nSPS) is 12.0. The Morgan fingerprint density at radius 2 is 2.07 bits per heavy atom. The van der Waals surface area contributed by atoms with Crippen molar-refractivity contribution in [3.05, 3.63) is 35.1 Å². The number of rotatable bonds is 3. The SMILES string of the molecule is Cc1ccc(F)cc1[C@@H](N)CCF.Cl. The largest absolute Gasteiger partial charge is 0.324 e. The van der Waals surface area contributed by atoms with Crippen molar-refractivity contribution in [2.24, 2.45) is 5.73 Å². The van der Waals surface area contributed by atoms with Crippen LogP contribution in [0.15, 0.2) is 18.2 Å². The van der Waals surface area contributed by atoms with Crippen LogP contribution < -0.4 is 5.73 Å². The molecule has 2 N–H and O–H groups in total. The Hall–Kier alpha value is -0.670. The van der Waals surface area contributed by atoms with Crippen LogP contribution >= 0.6 is 12.4 Å². The van der Waals surface area contributed by atoms with Gasteiger partial charge in [-0.3, -0.25) is 4.39 Å². The minimum absolute atomic E-state index is 0. The van der Waals surface area contributed by atoms with E-state index >= 15 is 0 Å². The van der Waals surface area contributed by atoms with Gasteiger partial charge in [-0.25, -0.2) is 4.39 Å². The van der Waals surface area contributed by atoms with Gasteiger partial charge in [0.05, 0.1) is 6.67 Å². The van der Waals surface area contributed by atoms with Gasteiger partial charge in [0, 0.05) is 6.04 Å². The molecule has 0 heterocycles. The molecular formula is C10H14ClF2N. The Balaban J connectivity index is 0.00000169. The smallest absolute Gasteiger partial charge is 0.123 e. The number of alkyl halides is 1. The third kappa shape index (κ3) is 3.24. The van der Waals surface area contributed by atoms with E-state index < -0.39 is 12.7 Å². The van der Waals surface area contributed by atoms with Crippen LogP contribution in [-0.4, -0.2) is 6.67 Å². The fourth-order valence-corrected chi connectivity index (χ4v) is 1.28. The van der Waals surface area contributed by atoms with Crippen molar-refractivity contribution in [1.82, 2.24) is 0 Å². The van der Waals surface area contributed by atoms with Crippen molar-refractivity contribution in [3.63, 3.8) is 0 Å². The van der Waals surface area contributed by atoms with Crippen LogP contribution in [-0.2, 0) is 0 Å². The molecule has 1 aromatic carbocycles. The highest BCUT2D eigenvalue weighted by Crippen LogP contribution is 2.19. The lowest BCUT2D eigenvalue weighted by Crippen LogP contribution is -2.12. The summed E-state index contributed by atoms with van der Waals surface area (Å²) in [6.45, 7) is 1.37. The summed E-state index contributed by atoms with van der Waals surface area (Å²) in [4.78, 5) is 0. The molecule has 0 aliphatic carbocycles. The van der Waals surface area contributed by atoms with Gasteiger partial charge < -0.3 is 5.73 Å². The second-order valence-electron chi connectivity index (χ2n) is 3.09. The van der Waals surface area contributed by atoms with E-state index in [4.69, 9.17) is 5.73 Å². The zero-order chi connectivity index (χ0) is 9.84. The van der Waals surface area contributed by atoms with Crippen molar-refractivity contribution in [2.45, 2.75) is 19.4 Å². The third-order valence-electron chi connectivity index (χ3n) is 2.06. The summed E-state index contributed by atoms with van der Waals surface area (Å²) in [6, 6.07) is 4.00. The van der Waals surface area contributed by atoms with Crippen LogP contribution in [0.3, 0.4) is 0 Å². The number of hydrogen-bond acceptors (Lipinski definition) is 1. The highest BCUT2D eigenvalue weighted by atomic mass is 35.5. The van der Waals surface area contributed by atoms with Gasteiger partial charge in [-0.1, -0.05) is 6.07 Å². The lowest BCUT2D eigenvalue weighted by Gasteiger charge is -2.12.